The van der Waals surface area contributed by atoms with E-state index < -0.39 is 28.1 Å². The maximum absolute atomic E-state index is 13.3. The van der Waals surface area contributed by atoms with E-state index in [1.165, 1.54) is 48.5 Å². The third kappa shape index (κ3) is 3.82. The van der Waals surface area contributed by atoms with Gasteiger partial charge in [0.2, 0.25) is 5.43 Å². The third-order valence-corrected chi connectivity index (χ3v) is 6.53. The van der Waals surface area contributed by atoms with Crippen molar-refractivity contribution in [1.29, 1.82) is 0 Å². The minimum absolute atomic E-state index is 0.00658. The molecule has 2 aromatic heterocycles. The Morgan fingerprint density at radius 2 is 1.27 bits per heavy atom. The number of phenolic OH excluding ortho intramolecular Hbond substituents is 6. The molecule has 10 nitrogen and oxygen atoms in total. The Hall–Kier alpha value is -5.90. The Balaban J connectivity index is 1.62. The summed E-state index contributed by atoms with van der Waals surface area (Å²) < 4.78 is 11.4. The first-order chi connectivity index (χ1) is 19.1. The Morgan fingerprint density at radius 3 is 2.02 bits per heavy atom. The Bertz CT molecular complexity index is 2100. The standard InChI is InChI=1S/C30H18O10/c31-15-4-1-13(2-5-15)24-11-23(37)27-22(36)10-21(35)26(30(27)40-24)17-7-14(3-6-19(17)33)18-12-39-25-9-16(32)8-20(34)28(25)29(18)38/h1-12,31-36H. The van der Waals surface area contributed by atoms with Gasteiger partial charge in [0.1, 0.15) is 62.9 Å². The van der Waals surface area contributed by atoms with Crippen molar-refractivity contribution in [3.63, 3.8) is 0 Å². The van der Waals surface area contributed by atoms with Gasteiger partial charge in [0.25, 0.3) is 0 Å². The quantitative estimate of drug-likeness (QED) is 0.177. The predicted molar refractivity (Wildman–Crippen MR) is 145 cm³/mol. The number of hydrogen-bond donors (Lipinski definition) is 6. The van der Waals surface area contributed by atoms with Crippen LogP contribution in [0.15, 0.2) is 91.4 Å². The van der Waals surface area contributed by atoms with Crippen molar-refractivity contribution in [2.45, 2.75) is 0 Å². The Morgan fingerprint density at radius 1 is 0.575 bits per heavy atom. The number of phenols is 6. The molecule has 2 heterocycles. The van der Waals surface area contributed by atoms with Crippen molar-refractivity contribution in [3.8, 4) is 68.1 Å². The van der Waals surface area contributed by atoms with E-state index in [-0.39, 0.29) is 67.2 Å². The second kappa shape index (κ2) is 8.84. The van der Waals surface area contributed by atoms with Gasteiger partial charge in [-0.25, -0.2) is 0 Å². The first kappa shape index (κ1) is 24.4. The van der Waals surface area contributed by atoms with Crippen LogP contribution in [-0.4, -0.2) is 30.6 Å². The smallest absolute Gasteiger partial charge is 0.204 e. The van der Waals surface area contributed by atoms with Crippen molar-refractivity contribution in [2.75, 3.05) is 0 Å². The molecule has 0 unspecified atom stereocenters. The lowest BCUT2D eigenvalue weighted by Gasteiger charge is -2.14. The molecule has 198 valence electrons. The van der Waals surface area contributed by atoms with Gasteiger partial charge in [0.05, 0.1) is 11.1 Å². The molecule has 0 atom stereocenters. The van der Waals surface area contributed by atoms with E-state index >= 15 is 0 Å². The molecule has 6 rings (SSSR count). The summed E-state index contributed by atoms with van der Waals surface area (Å²) in [6.45, 7) is 0. The van der Waals surface area contributed by atoms with Crippen LogP contribution < -0.4 is 10.9 Å². The van der Waals surface area contributed by atoms with Crippen LogP contribution in [0.3, 0.4) is 0 Å². The van der Waals surface area contributed by atoms with Crippen molar-refractivity contribution >= 4 is 21.9 Å². The second-order valence-corrected chi connectivity index (χ2v) is 9.06. The zero-order valence-electron chi connectivity index (χ0n) is 20.2. The van der Waals surface area contributed by atoms with Crippen molar-refractivity contribution < 1.29 is 39.5 Å². The molecule has 0 spiro atoms. The molecule has 0 aliphatic carbocycles. The highest BCUT2D eigenvalue weighted by molar-refractivity contribution is 6.01. The van der Waals surface area contributed by atoms with Crippen LogP contribution >= 0.6 is 0 Å². The summed E-state index contributed by atoms with van der Waals surface area (Å²) in [5, 5.41) is 61.3. The minimum atomic E-state index is -0.632. The zero-order chi connectivity index (χ0) is 28.3. The molecule has 6 aromatic rings. The maximum atomic E-state index is 13.3. The van der Waals surface area contributed by atoms with Crippen LogP contribution in [-0.2, 0) is 0 Å². The van der Waals surface area contributed by atoms with E-state index in [1.807, 2.05) is 0 Å². The van der Waals surface area contributed by atoms with Crippen molar-refractivity contribution in [1.82, 2.24) is 0 Å². The molecule has 10 heteroatoms. The number of benzene rings is 4. The molecule has 0 fully saturated rings. The molecule has 0 saturated carbocycles. The Labute approximate surface area is 223 Å². The molecule has 0 radical (unpaired) electrons. The summed E-state index contributed by atoms with van der Waals surface area (Å²) in [6, 6.07) is 14.1. The van der Waals surface area contributed by atoms with Crippen LogP contribution in [0.1, 0.15) is 0 Å². The average Bonchev–Trinajstić information content (AvgIpc) is 2.89. The van der Waals surface area contributed by atoms with E-state index in [0.717, 1.165) is 24.5 Å². The van der Waals surface area contributed by atoms with Gasteiger partial charge in [-0.05, 0) is 42.0 Å². The zero-order valence-corrected chi connectivity index (χ0v) is 20.2. The minimum Gasteiger partial charge on any atom is -0.508 e. The fourth-order valence-electron chi connectivity index (χ4n) is 4.65. The van der Waals surface area contributed by atoms with Crippen molar-refractivity contribution in [2.24, 2.45) is 0 Å². The molecule has 6 N–H and O–H groups in total. The monoisotopic (exact) mass is 538 g/mol. The van der Waals surface area contributed by atoms with Gasteiger partial charge in [0, 0.05) is 35.4 Å². The fourth-order valence-corrected chi connectivity index (χ4v) is 4.65. The summed E-state index contributed by atoms with van der Waals surface area (Å²) in [6.07, 6.45) is 1.12. The Kier molecular flexibility index (Phi) is 5.40. The highest BCUT2D eigenvalue weighted by Crippen LogP contribution is 2.45. The number of hydrogen-bond acceptors (Lipinski definition) is 10. The van der Waals surface area contributed by atoms with Gasteiger partial charge < -0.3 is 39.5 Å². The molecular weight excluding hydrogens is 520 g/mol. The van der Waals surface area contributed by atoms with Crippen LogP contribution in [0, 0.1) is 0 Å². The van der Waals surface area contributed by atoms with E-state index in [9.17, 15) is 40.2 Å². The molecule has 0 aliphatic heterocycles. The van der Waals surface area contributed by atoms with E-state index in [2.05, 4.69) is 0 Å². The van der Waals surface area contributed by atoms with E-state index in [1.54, 1.807) is 0 Å². The lowest BCUT2D eigenvalue weighted by Crippen LogP contribution is -2.05. The number of rotatable bonds is 3. The summed E-state index contributed by atoms with van der Waals surface area (Å²) in [4.78, 5) is 26.3. The second-order valence-electron chi connectivity index (χ2n) is 9.06. The van der Waals surface area contributed by atoms with Gasteiger partial charge in [-0.3, -0.25) is 9.59 Å². The predicted octanol–water partition coefficient (Wildman–Crippen LogP) is 5.13. The van der Waals surface area contributed by atoms with Gasteiger partial charge in [-0.15, -0.1) is 0 Å². The topological polar surface area (TPSA) is 182 Å². The lowest BCUT2D eigenvalue weighted by molar-refractivity contribution is 0.451. The van der Waals surface area contributed by atoms with E-state index in [4.69, 9.17) is 8.83 Å². The molecule has 0 bridgehead atoms. The molecular formula is C30H18O10. The number of fused-ring (bicyclic) bond motifs is 2. The summed E-state index contributed by atoms with van der Waals surface area (Å²) in [5.41, 5.74) is -1.09. The summed E-state index contributed by atoms with van der Waals surface area (Å²) in [7, 11) is 0. The SMILES string of the molecule is O=c1c(-c2ccc(O)c(-c3c(O)cc(O)c4c(=O)cc(-c5ccc(O)cc5)oc34)c2)coc2cc(O)cc(O)c12. The maximum Gasteiger partial charge on any atom is 0.204 e. The molecule has 4 aromatic carbocycles. The van der Waals surface area contributed by atoms with Gasteiger partial charge in [-0.1, -0.05) is 6.07 Å². The van der Waals surface area contributed by atoms with Crippen molar-refractivity contribution in [3.05, 3.63) is 93.4 Å². The molecule has 0 aliphatic rings. The first-order valence-corrected chi connectivity index (χ1v) is 11.8. The molecule has 0 amide bonds. The van der Waals surface area contributed by atoms with Crippen LogP contribution in [0.2, 0.25) is 0 Å². The first-order valence-electron chi connectivity index (χ1n) is 11.8. The van der Waals surface area contributed by atoms with Crippen LogP contribution in [0.25, 0.3) is 55.5 Å². The van der Waals surface area contributed by atoms with E-state index in [0.29, 0.717) is 5.56 Å². The highest BCUT2D eigenvalue weighted by Gasteiger charge is 2.23. The van der Waals surface area contributed by atoms with Gasteiger partial charge >= 0.3 is 0 Å². The molecule has 0 saturated heterocycles. The normalized spacial score (nSPS) is 11.3. The lowest BCUT2D eigenvalue weighted by atomic mass is 9.95. The van der Waals surface area contributed by atoms with Crippen LogP contribution in [0.4, 0.5) is 0 Å². The largest absolute Gasteiger partial charge is 0.508 e. The van der Waals surface area contributed by atoms with Crippen LogP contribution in [0.5, 0.6) is 34.5 Å². The number of aromatic hydroxyl groups is 6. The van der Waals surface area contributed by atoms with Gasteiger partial charge in [-0.2, -0.15) is 0 Å². The summed E-state index contributed by atoms with van der Waals surface area (Å²) >= 11 is 0. The third-order valence-electron chi connectivity index (χ3n) is 6.53. The highest BCUT2D eigenvalue weighted by atomic mass is 16.3. The summed E-state index contributed by atoms with van der Waals surface area (Å²) in [5.74, 6) is -2.15. The van der Waals surface area contributed by atoms with Gasteiger partial charge in [0.15, 0.2) is 11.0 Å². The fraction of sp³-hybridized carbons (Fsp3) is 0. The average molecular weight is 538 g/mol. The molecule has 40 heavy (non-hydrogen) atoms.